The molecule has 4 aromatic carbocycles. The molecule has 4 aromatic rings. The predicted octanol–water partition coefficient (Wildman–Crippen LogP) is 6.66. The molecule has 0 spiro atoms. The Morgan fingerprint density at radius 3 is 1.23 bits per heavy atom. The molecule has 0 aliphatic heterocycles. The number of para-hydroxylation sites is 2. The van der Waals surface area contributed by atoms with Crippen LogP contribution in [0.15, 0.2) is 109 Å². The fourth-order valence-electron chi connectivity index (χ4n) is 3.03. The SMILES string of the molecule is C#CC(Oc1cccc(Oc2ccccc2)c1)OC(C#C)Oc1cccc(Oc2ccccc2)c1. The van der Waals surface area contributed by atoms with Crippen LogP contribution in [-0.4, -0.2) is 12.6 Å². The van der Waals surface area contributed by atoms with Gasteiger partial charge in [-0.2, -0.15) is 0 Å². The van der Waals surface area contributed by atoms with Crippen LogP contribution in [0.4, 0.5) is 0 Å². The number of benzene rings is 4. The lowest BCUT2D eigenvalue weighted by atomic mass is 10.3. The Kier molecular flexibility index (Phi) is 7.90. The van der Waals surface area contributed by atoms with Gasteiger partial charge in [0.25, 0.3) is 12.6 Å². The van der Waals surface area contributed by atoms with Crippen molar-refractivity contribution >= 4 is 0 Å². The first-order valence-corrected chi connectivity index (χ1v) is 10.8. The minimum Gasteiger partial charge on any atom is -0.457 e. The lowest BCUT2D eigenvalue weighted by molar-refractivity contribution is -0.131. The van der Waals surface area contributed by atoms with E-state index in [9.17, 15) is 0 Å². The summed E-state index contributed by atoms with van der Waals surface area (Å²) in [6, 6.07) is 32.9. The molecule has 0 N–H and O–H groups in total. The summed E-state index contributed by atoms with van der Waals surface area (Å²) in [5.41, 5.74) is 0. The fraction of sp³-hybridized carbons (Fsp3) is 0.0667. The van der Waals surface area contributed by atoms with Gasteiger partial charge in [-0.25, -0.2) is 0 Å². The Morgan fingerprint density at radius 1 is 0.457 bits per heavy atom. The predicted molar refractivity (Wildman–Crippen MR) is 133 cm³/mol. The van der Waals surface area contributed by atoms with Gasteiger partial charge in [-0.15, -0.1) is 12.8 Å². The summed E-state index contributed by atoms with van der Waals surface area (Å²) < 4.78 is 28.9. The average molecular weight is 463 g/mol. The molecule has 0 aromatic heterocycles. The zero-order chi connectivity index (χ0) is 24.3. The number of hydrogen-bond donors (Lipinski definition) is 0. The number of rotatable bonds is 10. The van der Waals surface area contributed by atoms with E-state index in [0.717, 1.165) is 0 Å². The van der Waals surface area contributed by atoms with E-state index in [4.69, 9.17) is 36.5 Å². The Bertz CT molecular complexity index is 1200. The molecule has 0 aliphatic rings. The summed E-state index contributed by atoms with van der Waals surface area (Å²) >= 11 is 0. The van der Waals surface area contributed by atoms with E-state index in [1.54, 1.807) is 36.4 Å². The maximum Gasteiger partial charge on any atom is 0.268 e. The fourth-order valence-corrected chi connectivity index (χ4v) is 3.03. The first kappa shape index (κ1) is 23.3. The van der Waals surface area contributed by atoms with Gasteiger partial charge in [-0.05, 0) is 60.4 Å². The summed E-state index contributed by atoms with van der Waals surface area (Å²) in [5.74, 6) is 8.35. The van der Waals surface area contributed by atoms with E-state index in [2.05, 4.69) is 11.8 Å². The summed E-state index contributed by atoms with van der Waals surface area (Å²) in [6.07, 6.45) is 9.04. The van der Waals surface area contributed by atoms with Crippen LogP contribution in [0.3, 0.4) is 0 Å². The van der Waals surface area contributed by atoms with Crippen LogP contribution in [0.5, 0.6) is 34.5 Å². The van der Waals surface area contributed by atoms with E-state index in [1.165, 1.54) is 0 Å². The molecule has 5 nitrogen and oxygen atoms in total. The number of terminal acetylenes is 2. The van der Waals surface area contributed by atoms with Gasteiger partial charge in [-0.3, -0.25) is 4.74 Å². The van der Waals surface area contributed by atoms with Crippen LogP contribution in [0.1, 0.15) is 0 Å². The van der Waals surface area contributed by atoms with E-state index in [1.807, 2.05) is 72.8 Å². The van der Waals surface area contributed by atoms with Crippen LogP contribution in [-0.2, 0) is 4.74 Å². The first-order chi connectivity index (χ1) is 17.2. The summed E-state index contributed by atoms with van der Waals surface area (Å²) in [7, 11) is 0. The van der Waals surface area contributed by atoms with Crippen molar-refractivity contribution in [1.29, 1.82) is 0 Å². The van der Waals surface area contributed by atoms with Gasteiger partial charge in [-0.1, -0.05) is 48.5 Å². The Balaban J connectivity index is 1.37. The molecule has 0 radical (unpaired) electrons. The van der Waals surface area contributed by atoms with Crippen LogP contribution < -0.4 is 18.9 Å². The normalized spacial score (nSPS) is 11.8. The van der Waals surface area contributed by atoms with Crippen LogP contribution in [0.2, 0.25) is 0 Å². The Labute approximate surface area is 204 Å². The summed E-state index contributed by atoms with van der Waals surface area (Å²) in [5, 5.41) is 0. The monoisotopic (exact) mass is 462 g/mol. The summed E-state index contributed by atoms with van der Waals surface area (Å²) in [6.45, 7) is 0. The average Bonchev–Trinajstić information content (AvgIpc) is 2.89. The topological polar surface area (TPSA) is 46.2 Å². The number of ether oxygens (including phenoxy) is 5. The second-order valence-electron chi connectivity index (χ2n) is 7.15. The quantitative estimate of drug-likeness (QED) is 0.195. The van der Waals surface area contributed by atoms with Crippen molar-refractivity contribution in [3.63, 3.8) is 0 Å². The van der Waals surface area contributed by atoms with Gasteiger partial charge in [0.1, 0.15) is 34.5 Å². The van der Waals surface area contributed by atoms with Crippen molar-refractivity contribution < 1.29 is 23.7 Å². The maximum absolute atomic E-state index is 5.83. The van der Waals surface area contributed by atoms with E-state index in [0.29, 0.717) is 34.5 Å². The summed E-state index contributed by atoms with van der Waals surface area (Å²) in [4.78, 5) is 0. The minimum absolute atomic E-state index is 0.454. The van der Waals surface area contributed by atoms with Crippen LogP contribution in [0, 0.1) is 24.7 Å². The Hall–Kier alpha value is -4.84. The molecule has 4 rings (SSSR count). The molecule has 5 heteroatoms. The van der Waals surface area contributed by atoms with Crippen molar-refractivity contribution in [2.24, 2.45) is 0 Å². The van der Waals surface area contributed by atoms with E-state index in [-0.39, 0.29) is 0 Å². The highest BCUT2D eigenvalue weighted by molar-refractivity contribution is 5.38. The minimum atomic E-state index is -1.09. The Morgan fingerprint density at radius 2 is 0.829 bits per heavy atom. The largest absolute Gasteiger partial charge is 0.457 e. The van der Waals surface area contributed by atoms with Crippen molar-refractivity contribution in [2.45, 2.75) is 12.6 Å². The van der Waals surface area contributed by atoms with Gasteiger partial charge >= 0.3 is 0 Å². The second kappa shape index (κ2) is 11.9. The molecule has 0 saturated heterocycles. The van der Waals surface area contributed by atoms with Gasteiger partial charge in [0.15, 0.2) is 0 Å². The van der Waals surface area contributed by atoms with Gasteiger partial charge in [0, 0.05) is 12.1 Å². The van der Waals surface area contributed by atoms with Crippen molar-refractivity contribution in [2.75, 3.05) is 0 Å². The smallest absolute Gasteiger partial charge is 0.268 e. The molecule has 0 heterocycles. The van der Waals surface area contributed by atoms with Gasteiger partial charge in [0.2, 0.25) is 0 Å². The molecule has 2 unspecified atom stereocenters. The first-order valence-electron chi connectivity index (χ1n) is 10.8. The van der Waals surface area contributed by atoms with Gasteiger partial charge < -0.3 is 18.9 Å². The van der Waals surface area contributed by atoms with E-state index < -0.39 is 12.6 Å². The van der Waals surface area contributed by atoms with E-state index >= 15 is 0 Å². The third-order valence-corrected chi connectivity index (χ3v) is 4.57. The molecular weight excluding hydrogens is 440 g/mol. The molecule has 172 valence electrons. The molecule has 35 heavy (non-hydrogen) atoms. The highest BCUT2D eigenvalue weighted by Crippen LogP contribution is 2.27. The van der Waals surface area contributed by atoms with Gasteiger partial charge in [0.05, 0.1) is 0 Å². The molecular formula is C30H22O5. The second-order valence-corrected chi connectivity index (χ2v) is 7.15. The highest BCUT2D eigenvalue weighted by Gasteiger charge is 2.17. The zero-order valence-corrected chi connectivity index (χ0v) is 18.7. The third kappa shape index (κ3) is 7.07. The molecule has 0 fully saturated rings. The lowest BCUT2D eigenvalue weighted by Gasteiger charge is -2.20. The number of hydrogen-bond acceptors (Lipinski definition) is 5. The lowest BCUT2D eigenvalue weighted by Crippen LogP contribution is -2.28. The maximum atomic E-state index is 5.83. The highest BCUT2D eigenvalue weighted by atomic mass is 16.8. The third-order valence-electron chi connectivity index (χ3n) is 4.57. The molecule has 0 amide bonds. The van der Waals surface area contributed by atoms with Crippen molar-refractivity contribution in [3.05, 3.63) is 109 Å². The van der Waals surface area contributed by atoms with Crippen LogP contribution in [0.25, 0.3) is 0 Å². The zero-order valence-electron chi connectivity index (χ0n) is 18.7. The van der Waals surface area contributed by atoms with Crippen LogP contribution >= 0.6 is 0 Å². The molecule has 2 atom stereocenters. The standard InChI is InChI=1S/C30H22O5/c1-3-29(33-27-19-11-17-25(21-27)31-23-13-7-5-8-14-23)35-30(4-2)34-28-20-12-18-26(22-28)32-24-15-9-6-10-16-24/h1-2,5-22,29-30H. The molecule has 0 saturated carbocycles. The molecule has 0 bridgehead atoms. The van der Waals surface area contributed by atoms with Crippen molar-refractivity contribution in [3.8, 4) is 59.2 Å². The van der Waals surface area contributed by atoms with Crippen molar-refractivity contribution in [1.82, 2.24) is 0 Å². The molecule has 0 aliphatic carbocycles.